The van der Waals surface area contributed by atoms with Crippen LogP contribution in [0.5, 0.6) is 0 Å². The predicted octanol–water partition coefficient (Wildman–Crippen LogP) is 0.203. The van der Waals surface area contributed by atoms with E-state index in [4.69, 9.17) is 5.14 Å². The van der Waals surface area contributed by atoms with Crippen LogP contribution >= 0.6 is 0 Å². The van der Waals surface area contributed by atoms with Crippen LogP contribution in [0.4, 0.5) is 11.4 Å². The Hall–Kier alpha value is -1.71. The van der Waals surface area contributed by atoms with Crippen LogP contribution in [-0.2, 0) is 10.0 Å². The van der Waals surface area contributed by atoms with E-state index in [1.165, 1.54) is 12.1 Å². The van der Waals surface area contributed by atoms with Crippen LogP contribution in [-0.4, -0.2) is 37.1 Å². The second kappa shape index (κ2) is 4.69. The van der Waals surface area contributed by atoms with Gasteiger partial charge in [-0.1, -0.05) is 0 Å². The van der Waals surface area contributed by atoms with Gasteiger partial charge in [0.2, 0.25) is 10.0 Å². The summed E-state index contributed by atoms with van der Waals surface area (Å²) in [4.78, 5) is 11.8. The first-order valence-electron chi connectivity index (χ1n) is 5.89. The number of primary sulfonamides is 1. The monoisotopic (exact) mass is 301 g/mol. The summed E-state index contributed by atoms with van der Waals surface area (Å²) in [6, 6.07) is 3.52. The SMILES string of the molecule is CC1(O)CCN(c2ccc(S(N)(=O)=O)cc2[N+](=O)[O-])C1. The summed E-state index contributed by atoms with van der Waals surface area (Å²) in [6.07, 6.45) is 0.487. The molecule has 1 aromatic carbocycles. The molecule has 0 amide bonds. The number of benzene rings is 1. The number of hydrogen-bond acceptors (Lipinski definition) is 6. The number of anilines is 1. The van der Waals surface area contributed by atoms with Crippen molar-refractivity contribution in [3.05, 3.63) is 28.3 Å². The number of nitrogens with zero attached hydrogens (tertiary/aromatic N) is 2. The average Bonchev–Trinajstić information content (AvgIpc) is 2.67. The third-order valence-electron chi connectivity index (χ3n) is 3.26. The standard InChI is InChI=1S/C11H15N3O5S/c1-11(15)4-5-13(7-11)9-3-2-8(20(12,18)19)6-10(9)14(16)17/h2-3,6,15H,4-5,7H2,1H3,(H2,12,18,19). The van der Waals surface area contributed by atoms with Crippen LogP contribution in [0.15, 0.2) is 23.1 Å². The molecule has 3 N–H and O–H groups in total. The van der Waals surface area contributed by atoms with E-state index in [1.54, 1.807) is 11.8 Å². The highest BCUT2D eigenvalue weighted by molar-refractivity contribution is 7.89. The van der Waals surface area contributed by atoms with Crippen molar-refractivity contribution in [2.24, 2.45) is 5.14 Å². The fourth-order valence-electron chi connectivity index (χ4n) is 2.24. The van der Waals surface area contributed by atoms with Gasteiger partial charge >= 0.3 is 0 Å². The zero-order valence-corrected chi connectivity index (χ0v) is 11.6. The van der Waals surface area contributed by atoms with E-state index in [2.05, 4.69) is 0 Å². The zero-order valence-electron chi connectivity index (χ0n) is 10.8. The third kappa shape index (κ3) is 2.89. The number of rotatable bonds is 3. The molecular weight excluding hydrogens is 286 g/mol. The molecular formula is C11H15N3O5S. The molecule has 1 unspecified atom stereocenters. The van der Waals surface area contributed by atoms with Crippen molar-refractivity contribution >= 4 is 21.4 Å². The van der Waals surface area contributed by atoms with Crippen LogP contribution in [0.25, 0.3) is 0 Å². The molecule has 0 aromatic heterocycles. The summed E-state index contributed by atoms with van der Waals surface area (Å²) >= 11 is 0. The highest BCUT2D eigenvalue weighted by atomic mass is 32.2. The molecule has 1 atom stereocenters. The number of nitro benzene ring substituents is 1. The lowest BCUT2D eigenvalue weighted by Gasteiger charge is -2.20. The second-order valence-electron chi connectivity index (χ2n) is 5.12. The minimum Gasteiger partial charge on any atom is -0.388 e. The first-order chi connectivity index (χ1) is 9.10. The Morgan fingerprint density at radius 1 is 1.50 bits per heavy atom. The molecule has 1 aromatic rings. The van der Waals surface area contributed by atoms with E-state index in [0.29, 0.717) is 13.0 Å². The zero-order chi connectivity index (χ0) is 15.1. The summed E-state index contributed by atoms with van der Waals surface area (Å²) in [5, 5.41) is 26.0. The molecule has 0 radical (unpaired) electrons. The Kier molecular flexibility index (Phi) is 3.44. The van der Waals surface area contributed by atoms with Crippen LogP contribution in [0.2, 0.25) is 0 Å². The lowest BCUT2D eigenvalue weighted by molar-refractivity contribution is -0.384. The maximum absolute atomic E-state index is 11.2. The van der Waals surface area contributed by atoms with E-state index in [1.807, 2.05) is 0 Å². The molecule has 2 rings (SSSR count). The van der Waals surface area contributed by atoms with Gasteiger partial charge in [0.25, 0.3) is 5.69 Å². The molecule has 9 heteroatoms. The van der Waals surface area contributed by atoms with Gasteiger partial charge in [-0.25, -0.2) is 13.6 Å². The van der Waals surface area contributed by atoms with Crippen molar-refractivity contribution < 1.29 is 18.4 Å². The highest BCUT2D eigenvalue weighted by Gasteiger charge is 2.34. The van der Waals surface area contributed by atoms with E-state index in [9.17, 15) is 23.6 Å². The van der Waals surface area contributed by atoms with Crippen LogP contribution in [0.3, 0.4) is 0 Å². The maximum Gasteiger partial charge on any atom is 0.293 e. The van der Waals surface area contributed by atoms with Crippen molar-refractivity contribution in [3.8, 4) is 0 Å². The molecule has 1 aliphatic heterocycles. The molecule has 0 spiro atoms. The number of hydrogen-bond donors (Lipinski definition) is 2. The second-order valence-corrected chi connectivity index (χ2v) is 6.68. The average molecular weight is 301 g/mol. The lowest BCUT2D eigenvalue weighted by atomic mass is 10.1. The third-order valence-corrected chi connectivity index (χ3v) is 4.18. The van der Waals surface area contributed by atoms with Gasteiger partial charge in [0, 0.05) is 19.2 Å². The van der Waals surface area contributed by atoms with Gasteiger partial charge in [0.15, 0.2) is 0 Å². The quantitative estimate of drug-likeness (QED) is 0.606. The predicted molar refractivity (Wildman–Crippen MR) is 71.9 cm³/mol. The van der Waals surface area contributed by atoms with E-state index >= 15 is 0 Å². The molecule has 1 aliphatic rings. The largest absolute Gasteiger partial charge is 0.388 e. The Balaban J connectivity index is 2.47. The first-order valence-corrected chi connectivity index (χ1v) is 7.43. The summed E-state index contributed by atoms with van der Waals surface area (Å²) in [6.45, 7) is 2.36. The lowest BCUT2D eigenvalue weighted by Crippen LogP contribution is -2.30. The van der Waals surface area contributed by atoms with Crippen molar-refractivity contribution in [1.29, 1.82) is 0 Å². The fraction of sp³-hybridized carbons (Fsp3) is 0.455. The van der Waals surface area contributed by atoms with Crippen molar-refractivity contribution in [3.63, 3.8) is 0 Å². The topological polar surface area (TPSA) is 127 Å². The smallest absolute Gasteiger partial charge is 0.293 e. The van der Waals surface area contributed by atoms with E-state index < -0.39 is 20.5 Å². The number of aliphatic hydroxyl groups is 1. The van der Waals surface area contributed by atoms with Crippen LogP contribution in [0.1, 0.15) is 13.3 Å². The molecule has 1 fully saturated rings. The van der Waals surface area contributed by atoms with E-state index in [0.717, 1.165) is 6.07 Å². The highest BCUT2D eigenvalue weighted by Crippen LogP contribution is 2.34. The van der Waals surface area contributed by atoms with Gasteiger partial charge < -0.3 is 10.0 Å². The number of nitrogens with two attached hydrogens (primary N) is 1. The van der Waals surface area contributed by atoms with Gasteiger partial charge in [-0.05, 0) is 25.5 Å². The summed E-state index contributed by atoms with van der Waals surface area (Å²) in [5.41, 5.74) is -0.971. The van der Waals surface area contributed by atoms with Crippen molar-refractivity contribution in [1.82, 2.24) is 0 Å². The number of β-amino-alcohol motifs (C(OH)–C–C–N with tert-alkyl or cyclic N) is 1. The fourth-order valence-corrected chi connectivity index (χ4v) is 2.78. The summed E-state index contributed by atoms with van der Waals surface area (Å²) in [5.74, 6) is 0. The van der Waals surface area contributed by atoms with Gasteiger partial charge in [-0.2, -0.15) is 0 Å². The van der Waals surface area contributed by atoms with Gasteiger partial charge in [0.05, 0.1) is 15.4 Å². The Bertz CT molecular complexity index is 656. The molecule has 0 saturated carbocycles. The summed E-state index contributed by atoms with van der Waals surface area (Å²) in [7, 11) is -3.99. The minimum atomic E-state index is -3.99. The Morgan fingerprint density at radius 2 is 2.15 bits per heavy atom. The van der Waals surface area contributed by atoms with E-state index in [-0.39, 0.29) is 22.8 Å². The van der Waals surface area contributed by atoms with Crippen molar-refractivity contribution in [2.75, 3.05) is 18.0 Å². The first kappa shape index (κ1) is 14.7. The molecule has 1 heterocycles. The maximum atomic E-state index is 11.2. The van der Waals surface area contributed by atoms with Crippen molar-refractivity contribution in [2.45, 2.75) is 23.8 Å². The molecule has 0 aliphatic carbocycles. The van der Waals surface area contributed by atoms with Gasteiger partial charge in [-0.3, -0.25) is 10.1 Å². The molecule has 110 valence electrons. The molecule has 20 heavy (non-hydrogen) atoms. The van der Waals surface area contributed by atoms with Crippen LogP contribution in [0, 0.1) is 10.1 Å². The normalized spacial score (nSPS) is 23.1. The molecule has 8 nitrogen and oxygen atoms in total. The Morgan fingerprint density at radius 3 is 2.60 bits per heavy atom. The Labute approximate surface area is 116 Å². The van der Waals surface area contributed by atoms with Crippen LogP contribution < -0.4 is 10.0 Å². The molecule has 0 bridgehead atoms. The number of nitro groups is 1. The minimum absolute atomic E-state index is 0.253. The molecule has 1 saturated heterocycles. The number of sulfonamides is 1. The summed E-state index contributed by atoms with van der Waals surface area (Å²) < 4.78 is 22.5. The van der Waals surface area contributed by atoms with Gasteiger partial charge in [-0.15, -0.1) is 0 Å². The van der Waals surface area contributed by atoms with Gasteiger partial charge in [0.1, 0.15) is 5.69 Å².